The molecule has 1 aliphatic carbocycles. The zero-order valence-corrected chi connectivity index (χ0v) is 34.6. The molecular weight excluding hydrogens is 667 g/mol. The summed E-state index contributed by atoms with van der Waals surface area (Å²) >= 11 is 0. The standard InChI is InChI=1S/C48H72N3O3/c1-6-11-12-13-14-15-16-17-18-19-20-21-22-23-24-27-34-51(35-36-52)48(53)42-29-26-25-28-41(42)47-43-32-30-39(49(7-2)8-3)37-45(43)54-46-38-40(31-33-44(46)47)50(9-4)10-5/h25-26,28-33,37-38,52H,6-24,27,34-36H2,1-5H3/q+1. The number of fused-ring (bicyclic) bond motifs is 2. The molecule has 4 rings (SSSR count). The molecule has 1 N–H and O–H groups in total. The fourth-order valence-corrected chi connectivity index (χ4v) is 8.07. The van der Waals surface area contributed by atoms with Crippen LogP contribution in [0.15, 0.2) is 65.1 Å². The number of amides is 1. The first-order valence-electron chi connectivity index (χ1n) is 21.8. The third-order valence-electron chi connectivity index (χ3n) is 11.3. The summed E-state index contributed by atoms with van der Waals surface area (Å²) < 4.78 is 9.04. The van der Waals surface area contributed by atoms with Crippen LogP contribution in [-0.2, 0) is 0 Å². The lowest BCUT2D eigenvalue weighted by atomic mass is 9.90. The highest BCUT2D eigenvalue weighted by Crippen LogP contribution is 2.42. The second kappa shape index (κ2) is 24.0. The number of anilines is 1. The number of rotatable bonds is 26. The number of nitrogens with zero attached hydrogens (tertiary/aromatic N) is 3. The van der Waals surface area contributed by atoms with Crippen LogP contribution >= 0.6 is 0 Å². The summed E-state index contributed by atoms with van der Waals surface area (Å²) in [6.45, 7) is 15.5. The van der Waals surface area contributed by atoms with Crippen molar-refractivity contribution in [3.05, 3.63) is 71.6 Å². The van der Waals surface area contributed by atoms with Gasteiger partial charge in [0, 0.05) is 66.1 Å². The van der Waals surface area contributed by atoms with Crippen LogP contribution < -0.4 is 14.8 Å². The van der Waals surface area contributed by atoms with Crippen LogP contribution in [0.5, 0.6) is 0 Å². The molecule has 2 aromatic carbocycles. The summed E-state index contributed by atoms with van der Waals surface area (Å²) in [5, 5.41) is 12.2. The van der Waals surface area contributed by atoms with Crippen molar-refractivity contribution in [2.45, 2.75) is 137 Å². The van der Waals surface area contributed by atoms with Crippen LogP contribution in [0.3, 0.4) is 0 Å². The van der Waals surface area contributed by atoms with Crippen molar-refractivity contribution < 1.29 is 14.3 Å². The Morgan fingerprint density at radius 1 is 0.648 bits per heavy atom. The van der Waals surface area contributed by atoms with Crippen LogP contribution in [-0.4, -0.2) is 61.8 Å². The smallest absolute Gasteiger partial charge is 0.254 e. The number of carbonyl (C=O) groups is 1. The lowest BCUT2D eigenvalue weighted by Crippen LogP contribution is -2.34. The van der Waals surface area contributed by atoms with Crippen LogP contribution in [0.4, 0.5) is 5.69 Å². The molecule has 296 valence electrons. The summed E-state index contributed by atoms with van der Waals surface area (Å²) in [6, 6.07) is 21.0. The first-order valence-corrected chi connectivity index (χ1v) is 21.8. The summed E-state index contributed by atoms with van der Waals surface area (Å²) in [7, 11) is 0. The maximum atomic E-state index is 14.4. The van der Waals surface area contributed by atoms with Crippen molar-refractivity contribution in [2.75, 3.05) is 50.8 Å². The van der Waals surface area contributed by atoms with Gasteiger partial charge in [-0.25, -0.2) is 4.58 Å². The molecule has 0 spiro atoms. The second-order valence-electron chi connectivity index (χ2n) is 15.0. The molecule has 6 heteroatoms. The molecule has 0 bridgehead atoms. The van der Waals surface area contributed by atoms with Gasteiger partial charge in [0.2, 0.25) is 5.36 Å². The molecule has 54 heavy (non-hydrogen) atoms. The third kappa shape index (κ3) is 12.2. The van der Waals surface area contributed by atoms with E-state index >= 15 is 0 Å². The lowest BCUT2D eigenvalue weighted by molar-refractivity contribution is 0.0719. The van der Waals surface area contributed by atoms with Gasteiger partial charge in [0.05, 0.1) is 12.7 Å². The number of benzene rings is 3. The van der Waals surface area contributed by atoms with Gasteiger partial charge in [-0.2, -0.15) is 0 Å². The Balaban J connectivity index is 1.46. The number of hydrogen-bond acceptors (Lipinski definition) is 4. The number of aliphatic hydroxyl groups excluding tert-OH is 1. The predicted octanol–water partition coefficient (Wildman–Crippen LogP) is 11.6. The van der Waals surface area contributed by atoms with Crippen molar-refractivity contribution in [3.8, 4) is 22.5 Å². The van der Waals surface area contributed by atoms with Gasteiger partial charge in [0.25, 0.3) is 5.91 Å². The zero-order chi connectivity index (χ0) is 38.5. The molecule has 2 aliphatic rings. The molecule has 0 unspecified atom stereocenters. The Bertz CT molecular complexity index is 1720. The highest BCUT2D eigenvalue weighted by atomic mass is 16.3. The van der Waals surface area contributed by atoms with Gasteiger partial charge < -0.3 is 19.3 Å². The van der Waals surface area contributed by atoms with Crippen LogP contribution in [0.25, 0.3) is 33.4 Å². The van der Waals surface area contributed by atoms with E-state index in [0.29, 0.717) is 18.7 Å². The van der Waals surface area contributed by atoms with Crippen molar-refractivity contribution in [3.63, 3.8) is 0 Å². The van der Waals surface area contributed by atoms with Gasteiger partial charge >= 0.3 is 0 Å². The largest absolute Gasteiger partial charge is 0.456 e. The maximum Gasteiger partial charge on any atom is 0.254 e. The topological polar surface area (TPSA) is 59.9 Å². The average Bonchev–Trinajstić information content (AvgIpc) is 3.20. The highest BCUT2D eigenvalue weighted by Gasteiger charge is 2.25. The lowest BCUT2D eigenvalue weighted by Gasteiger charge is -2.25. The predicted molar refractivity (Wildman–Crippen MR) is 231 cm³/mol. The van der Waals surface area contributed by atoms with E-state index in [2.05, 4.69) is 86.6 Å². The van der Waals surface area contributed by atoms with E-state index in [4.69, 9.17) is 4.42 Å². The highest BCUT2D eigenvalue weighted by molar-refractivity contribution is 6.09. The molecule has 6 nitrogen and oxygen atoms in total. The summed E-state index contributed by atoms with van der Waals surface area (Å²) in [6.07, 6.45) is 21.1. The molecule has 0 saturated heterocycles. The normalized spacial score (nSPS) is 11.4. The Hall–Kier alpha value is -3.64. The van der Waals surface area contributed by atoms with Crippen molar-refractivity contribution in [1.82, 2.24) is 9.48 Å². The minimum Gasteiger partial charge on any atom is -0.456 e. The first kappa shape index (κ1) is 43.1. The van der Waals surface area contributed by atoms with Gasteiger partial charge in [-0.1, -0.05) is 121 Å². The SMILES string of the molecule is CCCCCCCCCCCCCCCCCCN(CCO)C(=O)c1ccccc1-c1c2ccc(=[N+](CC)CC)cc-2oc2cc(N(CC)CC)ccc12. The van der Waals surface area contributed by atoms with Crippen LogP contribution in [0.2, 0.25) is 0 Å². The van der Waals surface area contributed by atoms with Gasteiger partial charge in [-0.3, -0.25) is 4.79 Å². The Morgan fingerprint density at radius 3 is 1.81 bits per heavy atom. The van der Waals surface area contributed by atoms with Gasteiger partial charge in [0.1, 0.15) is 24.4 Å². The van der Waals surface area contributed by atoms with E-state index in [1.54, 1.807) is 0 Å². The van der Waals surface area contributed by atoms with E-state index in [-0.39, 0.29) is 12.5 Å². The minimum atomic E-state index is -0.0505. The van der Waals surface area contributed by atoms with E-state index in [1.807, 2.05) is 23.1 Å². The minimum absolute atomic E-state index is 0.0257. The number of unbranched alkanes of at least 4 members (excludes halogenated alkanes) is 15. The molecule has 0 aromatic heterocycles. The molecule has 0 fully saturated rings. The monoisotopic (exact) mass is 739 g/mol. The Kier molecular flexibility index (Phi) is 19.1. The van der Waals surface area contributed by atoms with E-state index < -0.39 is 0 Å². The second-order valence-corrected chi connectivity index (χ2v) is 15.0. The van der Waals surface area contributed by atoms with Crippen molar-refractivity contribution >= 4 is 22.6 Å². The Morgan fingerprint density at radius 2 is 1.24 bits per heavy atom. The summed E-state index contributed by atoms with van der Waals surface area (Å²) in [5.41, 5.74) is 5.49. The van der Waals surface area contributed by atoms with Gasteiger partial charge in [-0.15, -0.1) is 0 Å². The molecule has 2 aromatic rings. The molecule has 0 saturated carbocycles. The molecular formula is C48H72N3O3+. The van der Waals surface area contributed by atoms with Gasteiger partial charge in [-0.05, 0) is 63.9 Å². The van der Waals surface area contributed by atoms with E-state index in [0.717, 1.165) is 83.5 Å². The summed E-state index contributed by atoms with van der Waals surface area (Å²) in [4.78, 5) is 18.6. The molecule has 1 aliphatic heterocycles. The summed E-state index contributed by atoms with van der Waals surface area (Å²) in [5.74, 6) is 0.781. The number of carbonyl (C=O) groups excluding carboxylic acids is 1. The quantitative estimate of drug-likeness (QED) is 0.0396. The van der Waals surface area contributed by atoms with E-state index in [1.165, 1.54) is 89.9 Å². The molecule has 0 atom stereocenters. The zero-order valence-electron chi connectivity index (χ0n) is 34.6. The average molecular weight is 739 g/mol. The fraction of sp³-hybridized carbons (Fsp3) is 0.583. The van der Waals surface area contributed by atoms with Crippen LogP contribution in [0.1, 0.15) is 148 Å². The fourth-order valence-electron chi connectivity index (χ4n) is 8.07. The van der Waals surface area contributed by atoms with Crippen molar-refractivity contribution in [1.29, 1.82) is 0 Å². The molecule has 0 radical (unpaired) electrons. The number of aliphatic hydroxyl groups is 1. The van der Waals surface area contributed by atoms with E-state index in [9.17, 15) is 9.90 Å². The van der Waals surface area contributed by atoms with Crippen molar-refractivity contribution in [2.24, 2.45) is 0 Å². The van der Waals surface area contributed by atoms with Gasteiger partial charge in [0.15, 0.2) is 0 Å². The maximum absolute atomic E-state index is 14.4. The third-order valence-corrected chi connectivity index (χ3v) is 11.3. The first-order chi connectivity index (χ1) is 26.5. The molecule has 1 amide bonds. The number of hydrogen-bond donors (Lipinski definition) is 1. The molecule has 1 heterocycles. The Labute approximate surface area is 327 Å². The van der Waals surface area contributed by atoms with Crippen LogP contribution in [0, 0.1) is 0 Å².